The molecule has 1 aromatic rings. The topological polar surface area (TPSA) is 27.8 Å². The van der Waals surface area contributed by atoms with Crippen LogP contribution >= 0.6 is 0 Å². The standard InChI is InChI=1S/C11H20N2/c1-7(2)12-9(4)11-6-8(3)13-10(11)5/h6-7,9,12-13H,1-5H3. The summed E-state index contributed by atoms with van der Waals surface area (Å²) in [6, 6.07) is 3.18. The third kappa shape index (κ3) is 2.59. The van der Waals surface area contributed by atoms with Crippen molar-refractivity contribution in [1.29, 1.82) is 0 Å². The van der Waals surface area contributed by atoms with Crippen LogP contribution in [0.25, 0.3) is 0 Å². The third-order valence-electron chi connectivity index (χ3n) is 2.24. The van der Waals surface area contributed by atoms with Crippen LogP contribution in [-0.4, -0.2) is 11.0 Å². The Balaban J connectivity index is 2.76. The van der Waals surface area contributed by atoms with Crippen LogP contribution in [0.1, 0.15) is 43.8 Å². The van der Waals surface area contributed by atoms with Crippen LogP contribution in [-0.2, 0) is 0 Å². The monoisotopic (exact) mass is 180 g/mol. The summed E-state index contributed by atoms with van der Waals surface area (Å²) in [5.74, 6) is 0. The summed E-state index contributed by atoms with van der Waals surface area (Å²) < 4.78 is 0. The lowest BCUT2D eigenvalue weighted by atomic mass is 10.1. The molecule has 1 aromatic heterocycles. The first-order valence-electron chi connectivity index (χ1n) is 4.93. The van der Waals surface area contributed by atoms with Gasteiger partial charge in [0.2, 0.25) is 0 Å². The molecule has 0 aliphatic rings. The van der Waals surface area contributed by atoms with E-state index in [0.29, 0.717) is 12.1 Å². The lowest BCUT2D eigenvalue weighted by molar-refractivity contribution is 0.505. The molecule has 2 heteroatoms. The van der Waals surface area contributed by atoms with Crippen molar-refractivity contribution in [2.75, 3.05) is 0 Å². The second kappa shape index (κ2) is 3.97. The average molecular weight is 180 g/mol. The summed E-state index contributed by atoms with van der Waals surface area (Å²) in [5, 5.41) is 3.49. The Kier molecular flexibility index (Phi) is 3.15. The van der Waals surface area contributed by atoms with E-state index in [-0.39, 0.29) is 0 Å². The maximum atomic E-state index is 3.49. The summed E-state index contributed by atoms with van der Waals surface area (Å²) in [6.45, 7) is 10.8. The number of aromatic nitrogens is 1. The first kappa shape index (κ1) is 10.3. The first-order chi connectivity index (χ1) is 6.00. The highest BCUT2D eigenvalue weighted by Crippen LogP contribution is 2.18. The number of hydrogen-bond acceptors (Lipinski definition) is 1. The minimum atomic E-state index is 0.435. The van der Waals surface area contributed by atoms with E-state index in [9.17, 15) is 0 Å². The van der Waals surface area contributed by atoms with Crippen LogP contribution in [0.4, 0.5) is 0 Å². The molecule has 0 bridgehead atoms. The van der Waals surface area contributed by atoms with Crippen LogP contribution < -0.4 is 5.32 Å². The fraction of sp³-hybridized carbons (Fsp3) is 0.636. The van der Waals surface area contributed by atoms with Crippen molar-refractivity contribution in [3.05, 3.63) is 23.0 Å². The number of aromatic amines is 1. The molecule has 1 heterocycles. The number of aryl methyl sites for hydroxylation is 2. The molecule has 2 nitrogen and oxygen atoms in total. The Morgan fingerprint density at radius 2 is 1.85 bits per heavy atom. The SMILES string of the molecule is Cc1cc(C(C)NC(C)C)c(C)[nH]1. The van der Waals surface area contributed by atoms with Gasteiger partial charge in [0.05, 0.1) is 0 Å². The highest BCUT2D eigenvalue weighted by atomic mass is 14.9. The van der Waals surface area contributed by atoms with E-state index in [2.05, 4.69) is 51.0 Å². The third-order valence-corrected chi connectivity index (χ3v) is 2.24. The van der Waals surface area contributed by atoms with Gasteiger partial charge in [-0.15, -0.1) is 0 Å². The highest BCUT2D eigenvalue weighted by Gasteiger charge is 2.10. The van der Waals surface area contributed by atoms with Crippen molar-refractivity contribution in [3.63, 3.8) is 0 Å². The van der Waals surface area contributed by atoms with Gasteiger partial charge >= 0.3 is 0 Å². The number of hydrogen-bond donors (Lipinski definition) is 2. The first-order valence-corrected chi connectivity index (χ1v) is 4.93. The second-order valence-corrected chi connectivity index (χ2v) is 4.08. The van der Waals surface area contributed by atoms with Crippen molar-refractivity contribution in [2.45, 2.75) is 46.7 Å². The average Bonchev–Trinajstić information content (AvgIpc) is 2.28. The van der Waals surface area contributed by atoms with E-state index >= 15 is 0 Å². The molecule has 0 amide bonds. The van der Waals surface area contributed by atoms with Crippen molar-refractivity contribution in [1.82, 2.24) is 10.3 Å². The lowest BCUT2D eigenvalue weighted by Crippen LogP contribution is -2.26. The van der Waals surface area contributed by atoms with E-state index in [1.54, 1.807) is 0 Å². The minimum absolute atomic E-state index is 0.435. The summed E-state index contributed by atoms with van der Waals surface area (Å²) in [5.41, 5.74) is 3.90. The maximum Gasteiger partial charge on any atom is 0.0311 e. The summed E-state index contributed by atoms with van der Waals surface area (Å²) in [7, 11) is 0. The van der Waals surface area contributed by atoms with Crippen molar-refractivity contribution in [2.24, 2.45) is 0 Å². The molecule has 13 heavy (non-hydrogen) atoms. The fourth-order valence-electron chi connectivity index (χ4n) is 1.79. The summed E-state index contributed by atoms with van der Waals surface area (Å²) in [4.78, 5) is 3.32. The zero-order chi connectivity index (χ0) is 10.0. The normalized spacial score (nSPS) is 13.7. The van der Waals surface area contributed by atoms with E-state index in [0.717, 1.165) is 0 Å². The van der Waals surface area contributed by atoms with Gasteiger partial charge < -0.3 is 10.3 Å². The van der Waals surface area contributed by atoms with E-state index < -0.39 is 0 Å². The molecule has 1 rings (SSSR count). The number of rotatable bonds is 3. The highest BCUT2D eigenvalue weighted by molar-refractivity contribution is 5.27. The molecule has 0 spiro atoms. The van der Waals surface area contributed by atoms with E-state index in [4.69, 9.17) is 0 Å². The molecule has 74 valence electrons. The number of H-pyrrole nitrogens is 1. The molecule has 0 aliphatic carbocycles. The molecule has 0 saturated heterocycles. The van der Waals surface area contributed by atoms with Crippen LogP contribution in [0.2, 0.25) is 0 Å². The van der Waals surface area contributed by atoms with Gasteiger partial charge in [0, 0.05) is 23.5 Å². The molecule has 0 saturated carbocycles. The zero-order valence-electron chi connectivity index (χ0n) is 9.23. The Labute approximate surface area is 80.7 Å². The molecule has 2 N–H and O–H groups in total. The van der Waals surface area contributed by atoms with Crippen LogP contribution in [0.15, 0.2) is 6.07 Å². The smallest absolute Gasteiger partial charge is 0.0311 e. The van der Waals surface area contributed by atoms with Gasteiger partial charge in [-0.25, -0.2) is 0 Å². The molecule has 1 unspecified atom stereocenters. The predicted octanol–water partition coefficient (Wildman–Crippen LogP) is 2.69. The van der Waals surface area contributed by atoms with Crippen molar-refractivity contribution in [3.8, 4) is 0 Å². The lowest BCUT2D eigenvalue weighted by Gasteiger charge is -2.16. The second-order valence-electron chi connectivity index (χ2n) is 4.08. The van der Waals surface area contributed by atoms with E-state index in [1.165, 1.54) is 17.0 Å². The fourth-order valence-corrected chi connectivity index (χ4v) is 1.79. The summed E-state index contributed by atoms with van der Waals surface area (Å²) in [6.07, 6.45) is 0. The van der Waals surface area contributed by atoms with Gasteiger partial charge in [-0.3, -0.25) is 0 Å². The zero-order valence-corrected chi connectivity index (χ0v) is 9.23. The maximum absolute atomic E-state index is 3.49. The van der Waals surface area contributed by atoms with Crippen molar-refractivity contribution >= 4 is 0 Å². The molecular weight excluding hydrogens is 160 g/mol. The molecular formula is C11H20N2. The summed E-state index contributed by atoms with van der Waals surface area (Å²) >= 11 is 0. The Hall–Kier alpha value is -0.760. The van der Waals surface area contributed by atoms with Crippen LogP contribution in [0, 0.1) is 13.8 Å². The Morgan fingerprint density at radius 3 is 2.23 bits per heavy atom. The van der Waals surface area contributed by atoms with Gasteiger partial charge in [0.1, 0.15) is 0 Å². The molecule has 0 aliphatic heterocycles. The van der Waals surface area contributed by atoms with Crippen LogP contribution in [0.3, 0.4) is 0 Å². The molecule has 0 aromatic carbocycles. The Bertz CT molecular complexity index is 274. The van der Waals surface area contributed by atoms with Gasteiger partial charge in [-0.1, -0.05) is 13.8 Å². The van der Waals surface area contributed by atoms with Crippen molar-refractivity contribution < 1.29 is 0 Å². The van der Waals surface area contributed by atoms with Gasteiger partial charge in [-0.05, 0) is 32.4 Å². The number of nitrogens with one attached hydrogen (secondary N) is 2. The van der Waals surface area contributed by atoms with Gasteiger partial charge in [-0.2, -0.15) is 0 Å². The molecule has 0 radical (unpaired) electrons. The molecule has 0 fully saturated rings. The van der Waals surface area contributed by atoms with Crippen LogP contribution in [0.5, 0.6) is 0 Å². The van der Waals surface area contributed by atoms with Gasteiger partial charge in [0.25, 0.3) is 0 Å². The minimum Gasteiger partial charge on any atom is -0.362 e. The largest absolute Gasteiger partial charge is 0.362 e. The Morgan fingerprint density at radius 1 is 1.23 bits per heavy atom. The quantitative estimate of drug-likeness (QED) is 0.735. The molecule has 1 atom stereocenters. The van der Waals surface area contributed by atoms with E-state index in [1.807, 2.05) is 0 Å². The van der Waals surface area contributed by atoms with Gasteiger partial charge in [0.15, 0.2) is 0 Å². The predicted molar refractivity (Wildman–Crippen MR) is 57.0 cm³/mol.